The summed E-state index contributed by atoms with van der Waals surface area (Å²) in [6.45, 7) is 0. The number of hydrogen-bond donors (Lipinski definition) is 0. The van der Waals surface area contributed by atoms with E-state index >= 15 is 0 Å². The summed E-state index contributed by atoms with van der Waals surface area (Å²) < 4.78 is 1.81. The van der Waals surface area contributed by atoms with Gasteiger partial charge in [0.05, 0.1) is 5.69 Å². The van der Waals surface area contributed by atoms with E-state index in [0.29, 0.717) is 0 Å². The molecule has 146 valence electrons. The van der Waals surface area contributed by atoms with Crippen molar-refractivity contribution < 1.29 is 0 Å². The van der Waals surface area contributed by atoms with E-state index in [0.717, 1.165) is 32.8 Å². The molecule has 0 aliphatic rings. The Morgan fingerprint density at radius 3 is 2.17 bits per heavy atom. The van der Waals surface area contributed by atoms with E-state index in [2.05, 4.69) is 46.6 Å². The van der Waals surface area contributed by atoms with Gasteiger partial charge in [0.2, 0.25) is 5.16 Å². The van der Waals surface area contributed by atoms with Crippen LogP contribution in [0.2, 0.25) is 5.02 Å². The molecule has 0 aliphatic heterocycles. The highest BCUT2D eigenvalue weighted by molar-refractivity contribution is 7.98. The number of aromatic nitrogens is 4. The first-order valence-electron chi connectivity index (χ1n) is 9.52. The van der Waals surface area contributed by atoms with Gasteiger partial charge in [-0.15, -0.1) is 10.2 Å². The topological polar surface area (TPSA) is 43.1 Å². The quantitative estimate of drug-likeness (QED) is 0.303. The van der Waals surface area contributed by atoms with Crippen molar-refractivity contribution in [3.8, 4) is 22.4 Å². The Morgan fingerprint density at radius 2 is 1.40 bits per heavy atom. The summed E-state index contributed by atoms with van der Waals surface area (Å²) in [6, 6.07) is 30.6. The molecular weight excluding hydrogens is 412 g/mol. The van der Waals surface area contributed by atoms with Crippen LogP contribution in [0.3, 0.4) is 0 Å². The van der Waals surface area contributed by atoms with Crippen LogP contribution in [-0.4, -0.2) is 19.8 Å². The van der Waals surface area contributed by atoms with Gasteiger partial charge in [-0.05, 0) is 41.0 Å². The molecule has 5 aromatic rings. The third-order valence-corrected chi connectivity index (χ3v) is 6.05. The Labute approximate surface area is 183 Å². The lowest BCUT2D eigenvalue weighted by Crippen LogP contribution is -1.96. The van der Waals surface area contributed by atoms with E-state index in [1.165, 1.54) is 16.7 Å². The molecule has 2 heterocycles. The molecule has 2 aromatic heterocycles. The Morgan fingerprint density at radius 1 is 0.700 bits per heavy atom. The molecule has 0 bridgehead atoms. The molecule has 6 heteroatoms. The highest BCUT2D eigenvalue weighted by Gasteiger charge is 2.10. The third kappa shape index (κ3) is 3.95. The molecule has 0 aliphatic carbocycles. The summed E-state index contributed by atoms with van der Waals surface area (Å²) in [5, 5.41) is 14.8. The maximum atomic E-state index is 5.97. The second kappa shape index (κ2) is 8.30. The largest absolute Gasteiger partial charge is 0.212 e. The first kappa shape index (κ1) is 18.9. The minimum Gasteiger partial charge on any atom is -0.187 e. The van der Waals surface area contributed by atoms with Gasteiger partial charge in [0.1, 0.15) is 0 Å². The number of rotatable bonds is 5. The van der Waals surface area contributed by atoms with Crippen LogP contribution >= 0.6 is 23.4 Å². The number of fused-ring (bicyclic) bond motifs is 1. The van der Waals surface area contributed by atoms with Crippen LogP contribution in [0, 0.1) is 0 Å². The fourth-order valence-corrected chi connectivity index (χ4v) is 4.18. The number of thioether (sulfide) groups is 1. The van der Waals surface area contributed by atoms with Gasteiger partial charge in [-0.3, -0.25) is 0 Å². The Hall–Kier alpha value is -3.15. The van der Waals surface area contributed by atoms with Crippen molar-refractivity contribution in [3.05, 3.63) is 102 Å². The number of nitrogens with zero attached hydrogens (tertiary/aromatic N) is 4. The first-order valence-corrected chi connectivity index (χ1v) is 10.9. The Balaban J connectivity index is 1.40. The van der Waals surface area contributed by atoms with Crippen molar-refractivity contribution >= 4 is 29.0 Å². The maximum Gasteiger partial charge on any atom is 0.212 e. The lowest BCUT2D eigenvalue weighted by Gasteiger charge is -2.06. The molecule has 0 saturated carbocycles. The molecule has 5 rings (SSSR count). The van der Waals surface area contributed by atoms with Crippen molar-refractivity contribution in [1.82, 2.24) is 19.8 Å². The number of hydrogen-bond acceptors (Lipinski definition) is 4. The van der Waals surface area contributed by atoms with Gasteiger partial charge in [-0.25, -0.2) is 0 Å². The SMILES string of the molecule is Clc1ccc(CSc2nnc3ccc(-c4ccc(-c5ccccc5)cc4)nn23)cc1. The molecule has 0 amide bonds. The van der Waals surface area contributed by atoms with Crippen LogP contribution in [0.25, 0.3) is 28.0 Å². The van der Waals surface area contributed by atoms with Gasteiger partial charge in [-0.2, -0.15) is 9.61 Å². The molecule has 0 fully saturated rings. The number of halogens is 1. The molecule has 4 nitrogen and oxygen atoms in total. The zero-order valence-electron chi connectivity index (χ0n) is 15.9. The molecule has 0 atom stereocenters. The fraction of sp³-hybridized carbons (Fsp3) is 0.0417. The van der Waals surface area contributed by atoms with E-state index in [9.17, 15) is 0 Å². The summed E-state index contributed by atoms with van der Waals surface area (Å²) >= 11 is 7.57. The highest BCUT2D eigenvalue weighted by atomic mass is 35.5. The van der Waals surface area contributed by atoms with E-state index in [1.807, 2.05) is 54.6 Å². The van der Waals surface area contributed by atoms with Gasteiger partial charge in [0.15, 0.2) is 5.65 Å². The number of benzene rings is 3. The van der Waals surface area contributed by atoms with E-state index in [4.69, 9.17) is 16.7 Å². The third-order valence-electron chi connectivity index (χ3n) is 4.80. The van der Waals surface area contributed by atoms with Crippen LogP contribution in [0.1, 0.15) is 5.56 Å². The van der Waals surface area contributed by atoms with E-state index in [-0.39, 0.29) is 0 Å². The minimum absolute atomic E-state index is 0.735. The average Bonchev–Trinajstić information content (AvgIpc) is 3.22. The fourth-order valence-electron chi connectivity index (χ4n) is 3.21. The maximum absolute atomic E-state index is 5.97. The van der Waals surface area contributed by atoms with Gasteiger partial charge < -0.3 is 0 Å². The lowest BCUT2D eigenvalue weighted by molar-refractivity contribution is 0.813. The van der Waals surface area contributed by atoms with Crippen molar-refractivity contribution in [1.29, 1.82) is 0 Å². The average molecular weight is 429 g/mol. The summed E-state index contributed by atoms with van der Waals surface area (Å²) in [5.74, 6) is 0.773. The van der Waals surface area contributed by atoms with Crippen LogP contribution in [0.5, 0.6) is 0 Å². The summed E-state index contributed by atoms with van der Waals surface area (Å²) in [7, 11) is 0. The zero-order valence-corrected chi connectivity index (χ0v) is 17.5. The molecular formula is C24H17ClN4S. The van der Waals surface area contributed by atoms with Crippen LogP contribution < -0.4 is 0 Å². The van der Waals surface area contributed by atoms with E-state index in [1.54, 1.807) is 16.3 Å². The van der Waals surface area contributed by atoms with Crippen molar-refractivity contribution in [3.63, 3.8) is 0 Å². The van der Waals surface area contributed by atoms with Gasteiger partial charge in [-0.1, -0.05) is 90.1 Å². The standard InChI is InChI=1S/C24H17ClN4S/c25-21-12-6-17(7-13-21)16-30-24-27-26-23-15-14-22(28-29(23)24)20-10-8-19(9-11-20)18-4-2-1-3-5-18/h1-15H,16H2. The second-order valence-corrected chi connectivity index (χ2v) is 8.21. The van der Waals surface area contributed by atoms with E-state index < -0.39 is 0 Å². The minimum atomic E-state index is 0.735. The predicted octanol–water partition coefficient (Wildman–Crippen LogP) is 6.40. The van der Waals surface area contributed by atoms with Crippen molar-refractivity contribution in [2.45, 2.75) is 10.9 Å². The van der Waals surface area contributed by atoms with Gasteiger partial charge >= 0.3 is 0 Å². The lowest BCUT2D eigenvalue weighted by atomic mass is 10.0. The predicted molar refractivity (Wildman–Crippen MR) is 123 cm³/mol. The summed E-state index contributed by atoms with van der Waals surface area (Å²) in [6.07, 6.45) is 0. The molecule has 3 aromatic carbocycles. The van der Waals surface area contributed by atoms with Crippen LogP contribution in [-0.2, 0) is 5.75 Å². The molecule has 0 N–H and O–H groups in total. The van der Waals surface area contributed by atoms with Crippen LogP contribution in [0.4, 0.5) is 0 Å². The highest BCUT2D eigenvalue weighted by Crippen LogP contribution is 2.26. The van der Waals surface area contributed by atoms with Crippen molar-refractivity contribution in [2.24, 2.45) is 0 Å². The zero-order chi connectivity index (χ0) is 20.3. The Kier molecular flexibility index (Phi) is 5.22. The van der Waals surface area contributed by atoms with Crippen molar-refractivity contribution in [2.75, 3.05) is 0 Å². The smallest absolute Gasteiger partial charge is 0.187 e. The normalized spacial score (nSPS) is 11.1. The Bertz CT molecular complexity index is 1280. The van der Waals surface area contributed by atoms with Crippen LogP contribution in [0.15, 0.2) is 96.2 Å². The summed E-state index contributed by atoms with van der Waals surface area (Å²) in [5.41, 5.74) is 6.23. The molecule has 0 radical (unpaired) electrons. The molecule has 30 heavy (non-hydrogen) atoms. The van der Waals surface area contributed by atoms with Gasteiger partial charge in [0.25, 0.3) is 0 Å². The second-order valence-electron chi connectivity index (χ2n) is 6.83. The molecule has 0 spiro atoms. The molecule has 0 unspecified atom stereocenters. The summed E-state index contributed by atoms with van der Waals surface area (Å²) in [4.78, 5) is 0. The monoisotopic (exact) mass is 428 g/mol. The van der Waals surface area contributed by atoms with Gasteiger partial charge in [0, 0.05) is 16.3 Å². The molecule has 0 saturated heterocycles. The first-order chi connectivity index (χ1) is 14.8.